The monoisotopic (exact) mass is 282 g/mol. The average Bonchev–Trinajstić information content (AvgIpc) is 2.83. The van der Waals surface area contributed by atoms with Crippen LogP contribution in [0, 0.1) is 12.8 Å². The molecular weight excluding hydrogens is 264 g/mol. The third kappa shape index (κ3) is 3.69. The Bertz CT molecular complexity index is 488. The van der Waals surface area contributed by atoms with Gasteiger partial charge in [0.2, 0.25) is 5.89 Å². The Morgan fingerprint density at radius 1 is 1.40 bits per heavy atom. The zero-order valence-corrected chi connectivity index (χ0v) is 11.3. The number of carbonyl (C=O) groups is 2. The number of aliphatic carboxylic acids is 1. The van der Waals surface area contributed by atoms with E-state index in [9.17, 15) is 9.59 Å². The van der Waals surface area contributed by atoms with Gasteiger partial charge >= 0.3 is 12.0 Å². The number of carbonyl (C=O) groups excluding carboxylic acids is 1. The molecular formula is C12H18N4O4. The summed E-state index contributed by atoms with van der Waals surface area (Å²) < 4.78 is 4.87. The summed E-state index contributed by atoms with van der Waals surface area (Å²) in [5, 5.41) is 18.0. The largest absolute Gasteiger partial charge is 0.481 e. The number of nitrogens with one attached hydrogen (secondary N) is 2. The van der Waals surface area contributed by atoms with Gasteiger partial charge in [-0.25, -0.2) is 4.79 Å². The van der Waals surface area contributed by atoms with Crippen LogP contribution in [0.1, 0.15) is 37.4 Å². The molecule has 1 aromatic rings. The minimum absolute atomic E-state index is 0.122. The van der Waals surface area contributed by atoms with Gasteiger partial charge in [-0.1, -0.05) is 18.0 Å². The Morgan fingerprint density at radius 3 is 2.80 bits per heavy atom. The summed E-state index contributed by atoms with van der Waals surface area (Å²) in [6.45, 7) is 1.81. The second kappa shape index (κ2) is 6.36. The van der Waals surface area contributed by atoms with E-state index in [1.807, 2.05) is 0 Å². The van der Waals surface area contributed by atoms with Gasteiger partial charge in [0.25, 0.3) is 0 Å². The first kappa shape index (κ1) is 14.3. The van der Waals surface area contributed by atoms with Crippen molar-refractivity contribution >= 4 is 12.0 Å². The lowest BCUT2D eigenvalue weighted by molar-refractivity contribution is -0.143. The summed E-state index contributed by atoms with van der Waals surface area (Å²) in [6, 6.07) is -0.746. The molecule has 2 amide bonds. The number of rotatable bonds is 4. The maximum absolute atomic E-state index is 11.8. The van der Waals surface area contributed by atoms with Crippen molar-refractivity contribution in [1.82, 2.24) is 20.8 Å². The molecule has 1 saturated carbocycles. The standard InChI is InChI=1S/C12H18N4O4/c1-7-14-10(20-16-7)6-13-12(19)15-9-5-3-2-4-8(9)11(17)18/h8-9H,2-6H2,1H3,(H,17,18)(H2,13,15,19). The first-order valence-corrected chi connectivity index (χ1v) is 6.62. The summed E-state index contributed by atoms with van der Waals surface area (Å²) in [6.07, 6.45) is 3.10. The first-order chi connectivity index (χ1) is 9.56. The van der Waals surface area contributed by atoms with Crippen LogP contribution in [0.25, 0.3) is 0 Å². The summed E-state index contributed by atoms with van der Waals surface area (Å²) in [4.78, 5) is 26.8. The Hall–Kier alpha value is -2.12. The maximum Gasteiger partial charge on any atom is 0.315 e. The van der Waals surface area contributed by atoms with Crippen molar-refractivity contribution in [3.8, 4) is 0 Å². The van der Waals surface area contributed by atoms with Gasteiger partial charge in [-0.2, -0.15) is 4.98 Å². The number of urea groups is 1. The normalized spacial score (nSPS) is 22.2. The molecule has 1 aliphatic carbocycles. The number of hydrogen-bond donors (Lipinski definition) is 3. The summed E-state index contributed by atoms with van der Waals surface area (Å²) in [5.41, 5.74) is 0. The second-order valence-electron chi connectivity index (χ2n) is 4.90. The number of aromatic nitrogens is 2. The fraction of sp³-hybridized carbons (Fsp3) is 0.667. The molecule has 0 radical (unpaired) electrons. The van der Waals surface area contributed by atoms with E-state index < -0.39 is 17.9 Å². The molecule has 2 atom stereocenters. The van der Waals surface area contributed by atoms with Gasteiger partial charge in [-0.05, 0) is 19.8 Å². The van der Waals surface area contributed by atoms with Crippen molar-refractivity contribution in [3.63, 3.8) is 0 Å². The molecule has 8 heteroatoms. The van der Waals surface area contributed by atoms with Gasteiger partial charge in [-0.3, -0.25) is 4.79 Å². The zero-order chi connectivity index (χ0) is 14.5. The topological polar surface area (TPSA) is 117 Å². The van der Waals surface area contributed by atoms with E-state index in [0.717, 1.165) is 12.8 Å². The second-order valence-corrected chi connectivity index (χ2v) is 4.90. The van der Waals surface area contributed by atoms with E-state index >= 15 is 0 Å². The third-order valence-electron chi connectivity index (χ3n) is 3.37. The number of aryl methyl sites for hydroxylation is 1. The van der Waals surface area contributed by atoms with Crippen molar-refractivity contribution in [1.29, 1.82) is 0 Å². The Kier molecular flexibility index (Phi) is 4.54. The van der Waals surface area contributed by atoms with E-state index in [0.29, 0.717) is 24.6 Å². The maximum atomic E-state index is 11.8. The molecule has 20 heavy (non-hydrogen) atoms. The van der Waals surface area contributed by atoms with Gasteiger partial charge in [0.15, 0.2) is 5.82 Å². The molecule has 0 spiro atoms. The highest BCUT2D eigenvalue weighted by Crippen LogP contribution is 2.24. The fourth-order valence-electron chi connectivity index (χ4n) is 2.39. The van der Waals surface area contributed by atoms with Crippen LogP contribution in [0.15, 0.2) is 4.52 Å². The van der Waals surface area contributed by atoms with Crippen LogP contribution in [-0.4, -0.2) is 33.3 Å². The molecule has 1 fully saturated rings. The van der Waals surface area contributed by atoms with Gasteiger partial charge in [0, 0.05) is 6.04 Å². The van der Waals surface area contributed by atoms with E-state index in [-0.39, 0.29) is 12.6 Å². The molecule has 0 aromatic carbocycles. The van der Waals surface area contributed by atoms with E-state index in [1.54, 1.807) is 6.92 Å². The Labute approximate surface area is 115 Å². The summed E-state index contributed by atoms with van der Waals surface area (Å²) in [7, 11) is 0. The quantitative estimate of drug-likeness (QED) is 0.752. The smallest absolute Gasteiger partial charge is 0.315 e. The summed E-state index contributed by atoms with van der Waals surface area (Å²) in [5.74, 6) is -0.556. The molecule has 2 unspecified atom stereocenters. The van der Waals surface area contributed by atoms with E-state index in [4.69, 9.17) is 9.63 Å². The minimum atomic E-state index is -0.859. The van der Waals surface area contributed by atoms with Gasteiger partial charge < -0.3 is 20.3 Å². The highest BCUT2D eigenvalue weighted by molar-refractivity contribution is 5.76. The molecule has 110 valence electrons. The molecule has 1 aromatic heterocycles. The van der Waals surface area contributed by atoms with Crippen LogP contribution >= 0.6 is 0 Å². The number of carboxylic acid groups (broad SMARTS) is 1. The van der Waals surface area contributed by atoms with Gasteiger partial charge in [-0.15, -0.1) is 0 Å². The van der Waals surface area contributed by atoms with Crippen molar-refractivity contribution < 1.29 is 19.2 Å². The molecule has 0 bridgehead atoms. The van der Waals surface area contributed by atoms with Crippen molar-refractivity contribution in [3.05, 3.63) is 11.7 Å². The predicted octanol–water partition coefficient (Wildman–Crippen LogP) is 0.821. The van der Waals surface area contributed by atoms with E-state index in [1.165, 1.54) is 0 Å². The number of amides is 2. The Morgan fingerprint density at radius 2 is 2.15 bits per heavy atom. The number of carboxylic acids is 1. The highest BCUT2D eigenvalue weighted by Gasteiger charge is 2.31. The minimum Gasteiger partial charge on any atom is -0.481 e. The molecule has 0 aliphatic heterocycles. The molecule has 8 nitrogen and oxygen atoms in total. The average molecular weight is 282 g/mol. The van der Waals surface area contributed by atoms with Crippen LogP contribution < -0.4 is 10.6 Å². The lowest BCUT2D eigenvalue weighted by atomic mass is 9.84. The number of hydrogen-bond acceptors (Lipinski definition) is 5. The lowest BCUT2D eigenvalue weighted by Crippen LogP contribution is -2.48. The van der Waals surface area contributed by atoms with Crippen molar-refractivity contribution in [2.24, 2.45) is 5.92 Å². The van der Waals surface area contributed by atoms with Crippen LogP contribution in [-0.2, 0) is 11.3 Å². The third-order valence-corrected chi connectivity index (χ3v) is 3.37. The van der Waals surface area contributed by atoms with Crippen LogP contribution in [0.5, 0.6) is 0 Å². The fourth-order valence-corrected chi connectivity index (χ4v) is 2.39. The number of nitrogens with zero attached hydrogens (tertiary/aromatic N) is 2. The highest BCUT2D eigenvalue weighted by atomic mass is 16.5. The predicted molar refractivity (Wildman–Crippen MR) is 67.8 cm³/mol. The molecule has 3 N–H and O–H groups in total. The first-order valence-electron chi connectivity index (χ1n) is 6.62. The van der Waals surface area contributed by atoms with Crippen LogP contribution in [0.2, 0.25) is 0 Å². The molecule has 1 aliphatic rings. The van der Waals surface area contributed by atoms with Crippen LogP contribution in [0.4, 0.5) is 4.79 Å². The van der Waals surface area contributed by atoms with E-state index in [2.05, 4.69) is 20.8 Å². The van der Waals surface area contributed by atoms with Crippen molar-refractivity contribution in [2.45, 2.75) is 45.2 Å². The zero-order valence-electron chi connectivity index (χ0n) is 11.3. The van der Waals surface area contributed by atoms with Crippen molar-refractivity contribution in [2.75, 3.05) is 0 Å². The molecule has 2 rings (SSSR count). The van der Waals surface area contributed by atoms with Crippen LogP contribution in [0.3, 0.4) is 0 Å². The SMILES string of the molecule is Cc1noc(CNC(=O)NC2CCCCC2C(=O)O)n1. The van der Waals surface area contributed by atoms with Gasteiger partial charge in [0.05, 0.1) is 12.5 Å². The van der Waals surface area contributed by atoms with Gasteiger partial charge in [0.1, 0.15) is 0 Å². The lowest BCUT2D eigenvalue weighted by Gasteiger charge is -2.29. The molecule has 0 saturated heterocycles. The summed E-state index contributed by atoms with van der Waals surface area (Å²) >= 11 is 0. The Balaban J connectivity index is 1.82. The molecule has 1 heterocycles.